The van der Waals surface area contributed by atoms with E-state index in [1.807, 2.05) is 0 Å². The molecule has 104 valence electrons. The monoisotopic (exact) mass is 308 g/mol. The number of nitrogens with one attached hydrogen (secondary N) is 1. The number of carbonyl (C=O) groups excluding carboxylic acids is 1. The highest BCUT2D eigenvalue weighted by molar-refractivity contribution is 7.99. The van der Waals surface area contributed by atoms with Crippen LogP contribution in [0, 0.1) is 18.2 Å². The van der Waals surface area contributed by atoms with Crippen molar-refractivity contribution in [3.05, 3.63) is 28.9 Å². The van der Waals surface area contributed by atoms with Crippen LogP contribution in [0.1, 0.15) is 9.67 Å². The number of amides is 1. The van der Waals surface area contributed by atoms with Crippen LogP contribution in [0.3, 0.4) is 0 Å². The van der Waals surface area contributed by atoms with Crippen molar-refractivity contribution >= 4 is 44.8 Å². The number of fused-ring (bicyclic) bond motifs is 1. The average Bonchev–Trinajstić information content (AvgIpc) is 2.76. The van der Waals surface area contributed by atoms with Gasteiger partial charge in [0, 0.05) is 22.4 Å². The lowest BCUT2D eigenvalue weighted by Gasteiger charge is -2.03. The number of hydrogen-bond donors (Lipinski definition) is 2. The Labute approximate surface area is 124 Å². The van der Waals surface area contributed by atoms with Gasteiger partial charge in [-0.15, -0.1) is 29.5 Å². The number of thiophene rings is 1. The van der Waals surface area contributed by atoms with E-state index in [9.17, 15) is 9.18 Å². The van der Waals surface area contributed by atoms with Crippen molar-refractivity contribution in [3.63, 3.8) is 0 Å². The zero-order chi connectivity index (χ0) is 14.5. The van der Waals surface area contributed by atoms with Crippen LogP contribution in [0.2, 0.25) is 0 Å². The fourth-order valence-electron chi connectivity index (χ4n) is 1.71. The highest BCUT2D eigenvalue weighted by Crippen LogP contribution is 2.33. The van der Waals surface area contributed by atoms with Gasteiger partial charge in [-0.05, 0) is 18.2 Å². The summed E-state index contributed by atoms with van der Waals surface area (Å²) < 4.78 is 14.0. The van der Waals surface area contributed by atoms with Crippen LogP contribution in [0.4, 0.5) is 10.1 Å². The number of nitrogen functional groups attached to an aromatic ring is 1. The predicted octanol–water partition coefficient (Wildman–Crippen LogP) is 2.72. The third-order valence-electron chi connectivity index (χ3n) is 2.61. The Hall–Kier alpha value is -1.71. The zero-order valence-corrected chi connectivity index (χ0v) is 12.2. The summed E-state index contributed by atoms with van der Waals surface area (Å²) in [5.41, 5.74) is 6.24. The second kappa shape index (κ2) is 6.64. The molecule has 0 fully saturated rings. The highest BCUT2D eigenvalue weighted by Gasteiger charge is 2.16. The number of carbonyl (C=O) groups is 1. The minimum absolute atomic E-state index is 0.231. The first-order valence-corrected chi connectivity index (χ1v) is 7.87. The lowest BCUT2D eigenvalue weighted by Crippen LogP contribution is -2.25. The summed E-state index contributed by atoms with van der Waals surface area (Å²) in [6.07, 6.45) is 5.13. The molecule has 20 heavy (non-hydrogen) atoms. The van der Waals surface area contributed by atoms with E-state index >= 15 is 0 Å². The third-order valence-corrected chi connectivity index (χ3v) is 4.66. The van der Waals surface area contributed by atoms with Crippen LogP contribution in [0.25, 0.3) is 10.1 Å². The van der Waals surface area contributed by atoms with Gasteiger partial charge in [0.1, 0.15) is 10.7 Å². The summed E-state index contributed by atoms with van der Waals surface area (Å²) in [5.74, 6) is 3.29. The van der Waals surface area contributed by atoms with E-state index in [1.165, 1.54) is 23.5 Å². The van der Waals surface area contributed by atoms with Gasteiger partial charge in [-0.1, -0.05) is 5.92 Å². The molecular formula is C14H13FN2OS2. The van der Waals surface area contributed by atoms with Gasteiger partial charge in [0.25, 0.3) is 5.91 Å². The topological polar surface area (TPSA) is 55.1 Å². The molecule has 0 atom stereocenters. The van der Waals surface area contributed by atoms with Gasteiger partial charge in [0.05, 0.1) is 11.4 Å². The van der Waals surface area contributed by atoms with Crippen molar-refractivity contribution < 1.29 is 9.18 Å². The summed E-state index contributed by atoms with van der Waals surface area (Å²) in [6, 6.07) is 4.34. The lowest BCUT2D eigenvalue weighted by molar-refractivity contribution is 0.0961. The molecule has 1 amide bonds. The molecule has 0 unspecified atom stereocenters. The normalized spacial score (nSPS) is 10.4. The van der Waals surface area contributed by atoms with Gasteiger partial charge in [0.15, 0.2) is 0 Å². The first-order chi connectivity index (χ1) is 9.63. The number of benzene rings is 1. The molecule has 0 aliphatic carbocycles. The van der Waals surface area contributed by atoms with E-state index in [1.54, 1.807) is 17.8 Å². The van der Waals surface area contributed by atoms with Crippen molar-refractivity contribution in [2.24, 2.45) is 0 Å². The summed E-state index contributed by atoms with van der Waals surface area (Å²) in [6.45, 7) is 0.521. The number of anilines is 1. The largest absolute Gasteiger partial charge is 0.397 e. The maximum Gasteiger partial charge on any atom is 0.263 e. The lowest BCUT2D eigenvalue weighted by atomic mass is 10.2. The molecule has 0 aliphatic heterocycles. The van der Waals surface area contributed by atoms with Crippen LogP contribution < -0.4 is 11.1 Å². The molecule has 0 spiro atoms. The maximum atomic E-state index is 13.2. The van der Waals surface area contributed by atoms with Gasteiger partial charge in [-0.3, -0.25) is 4.79 Å². The molecule has 0 saturated heterocycles. The van der Waals surface area contributed by atoms with E-state index in [2.05, 4.69) is 11.2 Å². The summed E-state index contributed by atoms with van der Waals surface area (Å²) in [5, 5.41) is 3.37. The molecule has 0 bridgehead atoms. The Bertz CT molecular complexity index is 676. The summed E-state index contributed by atoms with van der Waals surface area (Å²) in [7, 11) is 0. The fourth-order valence-corrected chi connectivity index (χ4v) is 3.23. The summed E-state index contributed by atoms with van der Waals surface area (Å²) in [4.78, 5) is 12.5. The van der Waals surface area contributed by atoms with Crippen LogP contribution >= 0.6 is 23.1 Å². The number of rotatable bonds is 5. The maximum absolute atomic E-state index is 13.2. The van der Waals surface area contributed by atoms with Crippen LogP contribution in [-0.4, -0.2) is 24.0 Å². The van der Waals surface area contributed by atoms with Crippen LogP contribution in [0.15, 0.2) is 18.2 Å². The van der Waals surface area contributed by atoms with Crippen LogP contribution in [-0.2, 0) is 0 Å². The third kappa shape index (κ3) is 3.24. The molecule has 3 N–H and O–H groups in total. The number of hydrogen-bond acceptors (Lipinski definition) is 4. The molecular weight excluding hydrogens is 295 g/mol. The van der Waals surface area contributed by atoms with Crippen LogP contribution in [0.5, 0.6) is 0 Å². The zero-order valence-electron chi connectivity index (χ0n) is 10.6. The average molecular weight is 308 g/mol. The highest BCUT2D eigenvalue weighted by atomic mass is 32.2. The minimum Gasteiger partial charge on any atom is -0.397 e. The fraction of sp³-hybridized carbons (Fsp3) is 0.214. The van der Waals surface area contributed by atoms with E-state index in [4.69, 9.17) is 12.2 Å². The Morgan fingerprint density at radius 3 is 3.10 bits per heavy atom. The first kappa shape index (κ1) is 14.7. The molecule has 2 rings (SSSR count). The molecule has 1 aromatic heterocycles. The van der Waals surface area contributed by atoms with Gasteiger partial charge < -0.3 is 11.1 Å². The summed E-state index contributed by atoms with van der Waals surface area (Å²) >= 11 is 2.84. The van der Waals surface area contributed by atoms with Crippen molar-refractivity contribution in [2.45, 2.75) is 0 Å². The molecule has 2 aromatic rings. The van der Waals surface area contributed by atoms with Gasteiger partial charge in [-0.25, -0.2) is 4.39 Å². The number of terminal acetylenes is 1. The molecule has 0 saturated carbocycles. The van der Waals surface area contributed by atoms with E-state index in [0.29, 0.717) is 28.2 Å². The molecule has 3 nitrogen and oxygen atoms in total. The van der Waals surface area contributed by atoms with E-state index < -0.39 is 0 Å². The molecule has 1 heterocycles. The minimum atomic E-state index is -0.361. The molecule has 0 aliphatic rings. The van der Waals surface area contributed by atoms with Crippen molar-refractivity contribution in [1.82, 2.24) is 5.32 Å². The second-order valence-electron chi connectivity index (χ2n) is 4.00. The Kier molecular flexibility index (Phi) is 4.88. The van der Waals surface area contributed by atoms with E-state index in [0.717, 1.165) is 10.5 Å². The number of nitrogens with two attached hydrogens (primary N) is 1. The second-order valence-corrected chi connectivity index (χ2v) is 6.16. The van der Waals surface area contributed by atoms with Gasteiger partial charge in [-0.2, -0.15) is 0 Å². The van der Waals surface area contributed by atoms with Crippen molar-refractivity contribution in [3.8, 4) is 12.3 Å². The van der Waals surface area contributed by atoms with Gasteiger partial charge in [0.2, 0.25) is 0 Å². The molecule has 1 aromatic carbocycles. The standard InChI is InChI=1S/C14H13FN2OS2/c1-2-6-19-7-5-17-14(18)13-12(16)10-8-9(15)3-4-11(10)20-13/h1,3-4,8H,5-7,16H2,(H,17,18). The Balaban J connectivity index is 2.07. The number of halogens is 1. The van der Waals surface area contributed by atoms with Gasteiger partial charge >= 0.3 is 0 Å². The Morgan fingerprint density at radius 2 is 2.35 bits per heavy atom. The smallest absolute Gasteiger partial charge is 0.263 e. The number of thioether (sulfide) groups is 1. The van der Waals surface area contributed by atoms with Crippen molar-refractivity contribution in [2.75, 3.05) is 23.8 Å². The SMILES string of the molecule is C#CCSCCNC(=O)c1sc2ccc(F)cc2c1N. The van der Waals surface area contributed by atoms with E-state index in [-0.39, 0.29) is 11.7 Å². The first-order valence-electron chi connectivity index (χ1n) is 5.90. The molecule has 6 heteroatoms. The predicted molar refractivity (Wildman–Crippen MR) is 84.7 cm³/mol. The Morgan fingerprint density at radius 1 is 1.55 bits per heavy atom. The molecule has 0 radical (unpaired) electrons. The van der Waals surface area contributed by atoms with Crippen molar-refractivity contribution in [1.29, 1.82) is 0 Å². The quantitative estimate of drug-likeness (QED) is 0.659.